The minimum Gasteiger partial charge on any atom is -0.497 e. The van der Waals surface area contributed by atoms with Gasteiger partial charge in [-0.2, -0.15) is 0 Å². The topological polar surface area (TPSA) is 73.6 Å². The van der Waals surface area contributed by atoms with Gasteiger partial charge in [0.1, 0.15) is 22.8 Å². The second-order valence-corrected chi connectivity index (χ2v) is 5.97. The summed E-state index contributed by atoms with van der Waals surface area (Å²) in [5, 5.41) is 6.96. The Morgan fingerprint density at radius 2 is 1.96 bits per heavy atom. The van der Waals surface area contributed by atoms with E-state index >= 15 is 0 Å². The van der Waals surface area contributed by atoms with Crippen LogP contribution in [0.5, 0.6) is 5.75 Å². The lowest BCUT2D eigenvalue weighted by Crippen LogP contribution is -2.04. The number of hydrogen-bond acceptors (Lipinski definition) is 6. The molecule has 0 saturated heterocycles. The van der Waals surface area contributed by atoms with Crippen molar-refractivity contribution in [3.8, 4) is 17.0 Å². The van der Waals surface area contributed by atoms with E-state index in [1.165, 1.54) is 31.4 Å². The van der Waals surface area contributed by atoms with Crippen molar-refractivity contribution in [1.82, 2.24) is 5.16 Å². The molecule has 8 heteroatoms. The Hall–Kier alpha value is -3.32. The lowest BCUT2D eigenvalue weighted by molar-refractivity contribution is 0.0600. The maximum Gasteiger partial charge on any atom is 0.344 e. The molecule has 1 heterocycles. The first-order valence-corrected chi connectivity index (χ1v) is 8.52. The largest absolute Gasteiger partial charge is 0.497 e. The van der Waals surface area contributed by atoms with Gasteiger partial charge in [0.2, 0.25) is 0 Å². The number of ether oxygens (including phenoxy) is 2. The van der Waals surface area contributed by atoms with Crippen molar-refractivity contribution in [1.29, 1.82) is 0 Å². The van der Waals surface area contributed by atoms with Gasteiger partial charge in [-0.1, -0.05) is 22.8 Å². The predicted octanol–water partition coefficient (Wildman–Crippen LogP) is 5.01. The molecule has 3 aromatic rings. The zero-order chi connectivity index (χ0) is 20.1. The first-order valence-electron chi connectivity index (χ1n) is 8.14. The minimum atomic E-state index is -0.723. The number of anilines is 1. The zero-order valence-electron chi connectivity index (χ0n) is 15.0. The monoisotopic (exact) mass is 402 g/mol. The van der Waals surface area contributed by atoms with Crippen molar-refractivity contribution in [3.63, 3.8) is 0 Å². The second-order valence-electron chi connectivity index (χ2n) is 5.56. The number of aromatic nitrogens is 1. The van der Waals surface area contributed by atoms with Crippen molar-refractivity contribution < 1.29 is 23.2 Å². The number of methoxy groups -OCH3 is 2. The van der Waals surface area contributed by atoms with Gasteiger partial charge in [-0.15, -0.1) is 0 Å². The van der Waals surface area contributed by atoms with Gasteiger partial charge >= 0.3 is 5.97 Å². The van der Waals surface area contributed by atoms with Gasteiger partial charge in [0.05, 0.1) is 24.8 Å². The van der Waals surface area contributed by atoms with E-state index in [-0.39, 0.29) is 27.6 Å². The van der Waals surface area contributed by atoms with Crippen LogP contribution in [-0.4, -0.2) is 25.3 Å². The van der Waals surface area contributed by atoms with Gasteiger partial charge in [0, 0.05) is 18.0 Å². The minimum absolute atomic E-state index is 0.0257. The molecule has 0 bridgehead atoms. The molecule has 0 aliphatic heterocycles. The average Bonchev–Trinajstić information content (AvgIpc) is 3.11. The highest BCUT2D eigenvalue weighted by molar-refractivity contribution is 6.33. The van der Waals surface area contributed by atoms with E-state index in [0.717, 1.165) is 11.4 Å². The quantitative estimate of drug-likeness (QED) is 0.584. The molecule has 0 saturated carbocycles. The van der Waals surface area contributed by atoms with Crippen LogP contribution in [0.1, 0.15) is 16.1 Å². The summed E-state index contributed by atoms with van der Waals surface area (Å²) in [7, 11) is 2.80. The summed E-state index contributed by atoms with van der Waals surface area (Å²) in [6.45, 7) is 0. The fourth-order valence-corrected chi connectivity index (χ4v) is 2.76. The SMILES string of the molecule is COC(=O)c1c(-c2c(F)cccc2Cl)noc1/C=C/Nc1ccc(OC)cc1. The summed E-state index contributed by atoms with van der Waals surface area (Å²) in [4.78, 5) is 12.3. The van der Waals surface area contributed by atoms with Crippen molar-refractivity contribution >= 4 is 29.3 Å². The highest BCUT2D eigenvalue weighted by atomic mass is 35.5. The van der Waals surface area contributed by atoms with Crippen LogP contribution in [0.25, 0.3) is 17.3 Å². The maximum absolute atomic E-state index is 14.3. The Kier molecular flexibility index (Phi) is 5.96. The highest BCUT2D eigenvalue weighted by Gasteiger charge is 2.26. The predicted molar refractivity (Wildman–Crippen MR) is 104 cm³/mol. The van der Waals surface area contributed by atoms with Crippen molar-refractivity contribution in [2.75, 3.05) is 19.5 Å². The van der Waals surface area contributed by atoms with Crippen LogP contribution < -0.4 is 10.1 Å². The Labute approximate surface area is 165 Å². The second kappa shape index (κ2) is 8.58. The van der Waals surface area contributed by atoms with E-state index in [4.69, 9.17) is 25.6 Å². The van der Waals surface area contributed by atoms with E-state index in [9.17, 15) is 9.18 Å². The molecule has 1 N–H and O–H groups in total. The fourth-order valence-electron chi connectivity index (χ4n) is 2.51. The van der Waals surface area contributed by atoms with Gasteiger partial charge in [0.15, 0.2) is 5.76 Å². The average molecular weight is 403 g/mol. The van der Waals surface area contributed by atoms with E-state index in [1.54, 1.807) is 25.4 Å². The number of benzene rings is 2. The van der Waals surface area contributed by atoms with E-state index < -0.39 is 11.8 Å². The lowest BCUT2D eigenvalue weighted by atomic mass is 10.1. The Morgan fingerprint density at radius 1 is 1.21 bits per heavy atom. The molecule has 1 aromatic heterocycles. The normalized spacial score (nSPS) is 10.9. The molecule has 0 fully saturated rings. The van der Waals surface area contributed by atoms with Crippen molar-refractivity contribution in [2.45, 2.75) is 0 Å². The molecule has 0 radical (unpaired) electrons. The molecule has 2 aromatic carbocycles. The smallest absolute Gasteiger partial charge is 0.344 e. The molecule has 0 spiro atoms. The zero-order valence-corrected chi connectivity index (χ0v) is 15.8. The summed E-state index contributed by atoms with van der Waals surface area (Å²) in [6, 6.07) is 11.4. The van der Waals surface area contributed by atoms with Crippen LogP contribution in [0.2, 0.25) is 5.02 Å². The molecular formula is C20H16ClFN2O4. The molecule has 0 unspecified atom stereocenters. The van der Waals surface area contributed by atoms with E-state index in [1.807, 2.05) is 12.1 Å². The number of hydrogen-bond donors (Lipinski definition) is 1. The fraction of sp³-hybridized carbons (Fsp3) is 0.100. The first-order chi connectivity index (χ1) is 13.5. The first kappa shape index (κ1) is 19.4. The van der Waals surface area contributed by atoms with Crippen LogP contribution >= 0.6 is 11.6 Å². The van der Waals surface area contributed by atoms with Crippen LogP contribution in [-0.2, 0) is 4.74 Å². The molecule has 6 nitrogen and oxygen atoms in total. The maximum atomic E-state index is 14.3. The summed E-state index contributed by atoms with van der Waals surface area (Å²) in [6.07, 6.45) is 3.04. The van der Waals surface area contributed by atoms with Crippen LogP contribution in [0.15, 0.2) is 53.2 Å². The van der Waals surface area contributed by atoms with Crippen LogP contribution in [0.4, 0.5) is 10.1 Å². The number of nitrogens with zero attached hydrogens (tertiary/aromatic N) is 1. The van der Waals surface area contributed by atoms with Crippen LogP contribution in [0, 0.1) is 5.82 Å². The van der Waals surface area contributed by atoms with Gasteiger partial charge in [-0.25, -0.2) is 9.18 Å². The Morgan fingerprint density at radius 3 is 2.61 bits per heavy atom. The van der Waals surface area contributed by atoms with Crippen LogP contribution in [0.3, 0.4) is 0 Å². The number of rotatable bonds is 6. The number of carbonyl (C=O) groups is 1. The van der Waals surface area contributed by atoms with Gasteiger partial charge < -0.3 is 19.3 Å². The standard InChI is InChI=1S/C20H16ClFN2O4/c1-26-13-8-6-12(7-9-13)23-11-10-16-18(20(25)27-2)19(24-28-16)17-14(21)4-3-5-15(17)22/h3-11,23H,1-2H3/b11-10+. The third-order valence-electron chi connectivity index (χ3n) is 3.88. The number of nitrogens with one attached hydrogen (secondary N) is 1. The molecule has 3 rings (SSSR count). The Balaban J connectivity index is 1.93. The molecule has 28 heavy (non-hydrogen) atoms. The molecule has 0 aliphatic rings. The summed E-state index contributed by atoms with van der Waals surface area (Å²) in [5.74, 6) is -0.524. The number of esters is 1. The summed E-state index contributed by atoms with van der Waals surface area (Å²) < 4.78 is 29.4. The third kappa shape index (κ3) is 3.99. The third-order valence-corrected chi connectivity index (χ3v) is 4.20. The van der Waals surface area contributed by atoms with Gasteiger partial charge in [-0.3, -0.25) is 0 Å². The summed E-state index contributed by atoms with van der Waals surface area (Å²) >= 11 is 6.09. The number of halogens is 2. The summed E-state index contributed by atoms with van der Waals surface area (Å²) in [5.41, 5.74) is 0.700. The molecule has 0 atom stereocenters. The lowest BCUT2D eigenvalue weighted by Gasteiger charge is -2.04. The molecule has 0 aliphatic carbocycles. The molecular weight excluding hydrogens is 387 g/mol. The van der Waals surface area contributed by atoms with Gasteiger partial charge in [-0.05, 0) is 36.4 Å². The molecule has 144 valence electrons. The number of carbonyl (C=O) groups excluding carboxylic acids is 1. The van der Waals surface area contributed by atoms with Gasteiger partial charge in [0.25, 0.3) is 0 Å². The highest BCUT2D eigenvalue weighted by Crippen LogP contribution is 2.34. The molecule has 0 amide bonds. The van der Waals surface area contributed by atoms with Crippen molar-refractivity contribution in [3.05, 3.63) is 70.8 Å². The van der Waals surface area contributed by atoms with E-state index in [0.29, 0.717) is 0 Å². The van der Waals surface area contributed by atoms with Crippen molar-refractivity contribution in [2.24, 2.45) is 0 Å². The van der Waals surface area contributed by atoms with E-state index in [2.05, 4.69) is 10.5 Å². The Bertz CT molecular complexity index is 995.